The molecule has 2 rings (SSSR count). The lowest BCUT2D eigenvalue weighted by Crippen LogP contribution is -2.09. The molecule has 1 aromatic heterocycles. The van der Waals surface area contributed by atoms with Crippen molar-refractivity contribution in [3.63, 3.8) is 0 Å². The predicted molar refractivity (Wildman–Crippen MR) is 70.5 cm³/mol. The summed E-state index contributed by atoms with van der Waals surface area (Å²) in [6, 6.07) is 4.12. The molecule has 0 radical (unpaired) electrons. The second kappa shape index (κ2) is 5.68. The van der Waals surface area contributed by atoms with Crippen molar-refractivity contribution in [1.29, 1.82) is 5.26 Å². The molecule has 0 N–H and O–H groups in total. The van der Waals surface area contributed by atoms with Gasteiger partial charge in [-0.2, -0.15) is 5.26 Å². The minimum atomic E-state index is 0.486. The van der Waals surface area contributed by atoms with E-state index in [-0.39, 0.29) is 0 Å². The van der Waals surface area contributed by atoms with Crippen molar-refractivity contribution in [3.05, 3.63) is 35.0 Å². The number of aryl methyl sites for hydroxylation is 2. The van der Waals surface area contributed by atoms with Gasteiger partial charge in [0.15, 0.2) is 0 Å². The predicted octanol–water partition coefficient (Wildman–Crippen LogP) is 3.18. The Morgan fingerprint density at radius 3 is 3.00 bits per heavy atom. The Morgan fingerprint density at radius 1 is 1.50 bits per heavy atom. The molecule has 94 valence electrons. The molecule has 3 heteroatoms. The van der Waals surface area contributed by atoms with Crippen molar-refractivity contribution in [2.45, 2.75) is 39.0 Å². The minimum Gasteiger partial charge on any atom is -0.476 e. The lowest BCUT2D eigenvalue weighted by molar-refractivity contribution is 0.307. The van der Waals surface area contributed by atoms with Crippen molar-refractivity contribution in [3.8, 4) is 11.9 Å². The largest absolute Gasteiger partial charge is 0.476 e. The second-order valence-corrected chi connectivity index (χ2v) is 4.82. The van der Waals surface area contributed by atoms with Gasteiger partial charge in [-0.1, -0.05) is 5.57 Å². The van der Waals surface area contributed by atoms with E-state index in [0.29, 0.717) is 18.1 Å². The van der Waals surface area contributed by atoms with E-state index in [4.69, 9.17) is 10.00 Å². The Bertz CT molecular complexity index is 500. The summed E-state index contributed by atoms with van der Waals surface area (Å²) in [5, 5.41) is 9.14. The lowest BCUT2D eigenvalue weighted by atomic mass is 9.95. The quantitative estimate of drug-likeness (QED) is 0.762. The average Bonchev–Trinajstić information content (AvgIpc) is 2.37. The first-order chi connectivity index (χ1) is 8.70. The molecule has 18 heavy (non-hydrogen) atoms. The molecule has 0 atom stereocenters. The summed E-state index contributed by atoms with van der Waals surface area (Å²) in [5.41, 5.74) is 3.94. The van der Waals surface area contributed by atoms with Gasteiger partial charge in [-0.25, -0.2) is 4.98 Å². The third-order valence-corrected chi connectivity index (χ3v) is 3.15. The van der Waals surface area contributed by atoms with Gasteiger partial charge in [-0.05, 0) is 44.2 Å². The van der Waals surface area contributed by atoms with Crippen LogP contribution >= 0.6 is 0 Å². The highest BCUT2D eigenvalue weighted by molar-refractivity contribution is 5.43. The zero-order chi connectivity index (χ0) is 13.0. The fourth-order valence-electron chi connectivity index (χ4n) is 2.13. The normalized spacial score (nSPS) is 13.6. The molecular formula is C15H18N2O. The fourth-order valence-corrected chi connectivity index (χ4v) is 2.13. The number of hydrogen-bond acceptors (Lipinski definition) is 3. The van der Waals surface area contributed by atoms with Crippen LogP contribution in [-0.4, -0.2) is 11.6 Å². The van der Waals surface area contributed by atoms with Gasteiger partial charge in [0.2, 0.25) is 5.88 Å². The van der Waals surface area contributed by atoms with E-state index in [0.717, 1.165) is 30.5 Å². The van der Waals surface area contributed by atoms with Crippen molar-refractivity contribution < 1.29 is 4.74 Å². The molecular weight excluding hydrogens is 224 g/mol. The summed E-state index contributed by atoms with van der Waals surface area (Å²) >= 11 is 0. The molecule has 0 amide bonds. The Morgan fingerprint density at radius 2 is 2.28 bits per heavy atom. The van der Waals surface area contributed by atoms with Gasteiger partial charge in [0.1, 0.15) is 11.6 Å². The van der Waals surface area contributed by atoms with Gasteiger partial charge in [0.05, 0.1) is 6.61 Å². The van der Waals surface area contributed by atoms with E-state index < -0.39 is 0 Å². The molecule has 1 aromatic rings. The number of ether oxygens (including phenoxy) is 1. The fraction of sp³-hybridized carbons (Fsp3) is 0.467. The number of rotatable bonds is 4. The third kappa shape index (κ3) is 2.89. The monoisotopic (exact) mass is 242 g/mol. The maximum absolute atomic E-state index is 9.14. The molecule has 0 bridgehead atoms. The number of fused-ring (bicyclic) bond motifs is 1. The maximum Gasteiger partial charge on any atom is 0.231 e. The topological polar surface area (TPSA) is 45.9 Å². The van der Waals surface area contributed by atoms with Gasteiger partial charge >= 0.3 is 0 Å². The van der Waals surface area contributed by atoms with Crippen LogP contribution in [-0.2, 0) is 12.8 Å². The lowest BCUT2D eigenvalue weighted by Gasteiger charge is -2.16. The molecule has 0 saturated heterocycles. The van der Waals surface area contributed by atoms with E-state index >= 15 is 0 Å². The Labute approximate surface area is 108 Å². The Kier molecular flexibility index (Phi) is 3.99. The van der Waals surface area contributed by atoms with Gasteiger partial charge in [-0.3, -0.25) is 0 Å². The Hall–Kier alpha value is -1.82. The van der Waals surface area contributed by atoms with Crippen molar-refractivity contribution in [2.75, 3.05) is 6.61 Å². The molecule has 1 aliphatic rings. The van der Waals surface area contributed by atoms with E-state index in [2.05, 4.69) is 17.6 Å². The number of aromatic nitrogens is 1. The number of nitrogens with zero attached hydrogens (tertiary/aromatic N) is 2. The molecule has 0 saturated carbocycles. The summed E-state index contributed by atoms with van der Waals surface area (Å²) in [4.78, 5) is 4.51. The first kappa shape index (κ1) is 12.6. The van der Waals surface area contributed by atoms with Crippen molar-refractivity contribution >= 4 is 0 Å². The molecule has 0 spiro atoms. The molecule has 0 unspecified atom stereocenters. The summed E-state index contributed by atoms with van der Waals surface area (Å²) in [6.07, 6.45) is 5.19. The molecule has 1 heterocycles. The number of nitriles is 1. The van der Waals surface area contributed by atoms with Crippen LogP contribution in [0.15, 0.2) is 18.2 Å². The van der Waals surface area contributed by atoms with Crippen LogP contribution in [0.5, 0.6) is 5.88 Å². The average molecular weight is 242 g/mol. The van der Waals surface area contributed by atoms with Gasteiger partial charge in [0.25, 0.3) is 0 Å². The van der Waals surface area contributed by atoms with E-state index in [9.17, 15) is 0 Å². The zero-order valence-electron chi connectivity index (χ0n) is 10.8. The SMILES string of the molecule is C=C(C)CCOc1nc2c(cc1C#N)CCCC2. The second-order valence-electron chi connectivity index (χ2n) is 4.82. The van der Waals surface area contributed by atoms with E-state index in [1.165, 1.54) is 18.4 Å². The summed E-state index contributed by atoms with van der Waals surface area (Å²) < 4.78 is 5.61. The maximum atomic E-state index is 9.14. The van der Waals surface area contributed by atoms with Crippen molar-refractivity contribution in [2.24, 2.45) is 0 Å². The van der Waals surface area contributed by atoms with Crippen molar-refractivity contribution in [1.82, 2.24) is 4.98 Å². The van der Waals surface area contributed by atoms with Crippen LogP contribution in [0, 0.1) is 11.3 Å². The summed E-state index contributed by atoms with van der Waals surface area (Å²) in [6.45, 7) is 6.34. The van der Waals surface area contributed by atoms with Crippen LogP contribution in [0.25, 0.3) is 0 Å². The van der Waals surface area contributed by atoms with Gasteiger partial charge in [-0.15, -0.1) is 6.58 Å². The molecule has 0 aliphatic heterocycles. The van der Waals surface area contributed by atoms with Crippen LogP contribution in [0.3, 0.4) is 0 Å². The molecule has 0 aromatic carbocycles. The zero-order valence-corrected chi connectivity index (χ0v) is 10.8. The number of pyridine rings is 1. The summed E-state index contributed by atoms with van der Waals surface area (Å²) in [5.74, 6) is 0.486. The highest BCUT2D eigenvalue weighted by atomic mass is 16.5. The van der Waals surface area contributed by atoms with E-state index in [1.807, 2.05) is 13.0 Å². The smallest absolute Gasteiger partial charge is 0.231 e. The molecule has 3 nitrogen and oxygen atoms in total. The molecule has 0 fully saturated rings. The molecule has 1 aliphatic carbocycles. The van der Waals surface area contributed by atoms with Crippen LogP contribution < -0.4 is 4.74 Å². The van der Waals surface area contributed by atoms with Gasteiger partial charge < -0.3 is 4.74 Å². The standard InChI is InChI=1S/C15H18N2O/c1-11(2)7-8-18-15-13(10-16)9-12-5-3-4-6-14(12)17-15/h9H,1,3-8H2,2H3. The van der Waals surface area contributed by atoms with Crippen LogP contribution in [0.4, 0.5) is 0 Å². The summed E-state index contributed by atoms with van der Waals surface area (Å²) in [7, 11) is 0. The third-order valence-electron chi connectivity index (χ3n) is 3.15. The van der Waals surface area contributed by atoms with E-state index in [1.54, 1.807) is 0 Å². The van der Waals surface area contributed by atoms with Crippen LogP contribution in [0.1, 0.15) is 43.0 Å². The number of hydrogen-bond donors (Lipinski definition) is 0. The first-order valence-corrected chi connectivity index (χ1v) is 6.41. The van der Waals surface area contributed by atoms with Gasteiger partial charge in [0, 0.05) is 12.1 Å². The minimum absolute atomic E-state index is 0.486. The Balaban J connectivity index is 2.18. The first-order valence-electron chi connectivity index (χ1n) is 6.41. The van der Waals surface area contributed by atoms with Crippen LogP contribution in [0.2, 0.25) is 0 Å². The highest BCUT2D eigenvalue weighted by Gasteiger charge is 2.15. The highest BCUT2D eigenvalue weighted by Crippen LogP contribution is 2.25.